The minimum Gasteiger partial charge on any atom is -0.497 e. The standard InChI is InChI=1S/C12H12N2O3/c1-16-9-5-8(6-10(7-9)17-2)11(15)12-13-3-4-14-12/h3-7H,1-2H3,(H,13,14). The summed E-state index contributed by atoms with van der Waals surface area (Å²) in [6.45, 7) is 0. The zero-order chi connectivity index (χ0) is 12.3. The Kier molecular flexibility index (Phi) is 3.09. The predicted octanol–water partition coefficient (Wildman–Crippen LogP) is 1.66. The monoisotopic (exact) mass is 232 g/mol. The predicted molar refractivity (Wildman–Crippen MR) is 61.6 cm³/mol. The number of carbonyl (C=O) groups is 1. The van der Waals surface area contributed by atoms with E-state index in [2.05, 4.69) is 9.97 Å². The molecule has 0 saturated heterocycles. The Labute approximate surface area is 98.4 Å². The van der Waals surface area contributed by atoms with E-state index in [1.54, 1.807) is 24.4 Å². The molecule has 0 fully saturated rings. The number of H-pyrrole nitrogens is 1. The van der Waals surface area contributed by atoms with Crippen LogP contribution < -0.4 is 9.47 Å². The van der Waals surface area contributed by atoms with E-state index in [0.29, 0.717) is 22.9 Å². The van der Waals surface area contributed by atoms with Gasteiger partial charge in [-0.2, -0.15) is 0 Å². The van der Waals surface area contributed by atoms with Crippen LogP contribution in [0.25, 0.3) is 0 Å². The molecule has 0 atom stereocenters. The van der Waals surface area contributed by atoms with Crippen molar-refractivity contribution in [3.63, 3.8) is 0 Å². The Morgan fingerprint density at radius 2 is 1.82 bits per heavy atom. The maximum atomic E-state index is 12.0. The summed E-state index contributed by atoms with van der Waals surface area (Å²) in [7, 11) is 3.08. The summed E-state index contributed by atoms with van der Waals surface area (Å²) in [6, 6.07) is 5.00. The van der Waals surface area contributed by atoms with Gasteiger partial charge in [-0.1, -0.05) is 0 Å². The third-order valence-electron chi connectivity index (χ3n) is 2.33. The molecule has 88 valence electrons. The molecule has 0 amide bonds. The highest BCUT2D eigenvalue weighted by molar-refractivity contribution is 6.06. The third kappa shape index (κ3) is 2.28. The van der Waals surface area contributed by atoms with Crippen molar-refractivity contribution < 1.29 is 14.3 Å². The molecule has 2 rings (SSSR count). The van der Waals surface area contributed by atoms with Crippen molar-refractivity contribution in [1.29, 1.82) is 0 Å². The van der Waals surface area contributed by atoms with Gasteiger partial charge in [-0.15, -0.1) is 0 Å². The van der Waals surface area contributed by atoms with E-state index in [4.69, 9.17) is 9.47 Å². The lowest BCUT2D eigenvalue weighted by Crippen LogP contribution is -2.04. The molecule has 5 nitrogen and oxygen atoms in total. The average molecular weight is 232 g/mol. The van der Waals surface area contributed by atoms with Gasteiger partial charge in [-0.25, -0.2) is 4.98 Å². The number of ketones is 1. The van der Waals surface area contributed by atoms with E-state index < -0.39 is 0 Å². The van der Waals surface area contributed by atoms with Gasteiger partial charge in [-0.05, 0) is 12.1 Å². The molecule has 0 bridgehead atoms. The zero-order valence-electron chi connectivity index (χ0n) is 9.56. The van der Waals surface area contributed by atoms with Crippen molar-refractivity contribution in [2.24, 2.45) is 0 Å². The summed E-state index contributed by atoms with van der Waals surface area (Å²) in [5, 5.41) is 0. The van der Waals surface area contributed by atoms with Crippen LogP contribution in [-0.4, -0.2) is 30.0 Å². The molecule has 0 aliphatic carbocycles. The number of hydrogen-bond acceptors (Lipinski definition) is 4. The second-order valence-corrected chi connectivity index (χ2v) is 3.37. The summed E-state index contributed by atoms with van der Waals surface area (Å²) in [4.78, 5) is 18.7. The van der Waals surface area contributed by atoms with E-state index in [9.17, 15) is 4.79 Å². The Morgan fingerprint density at radius 3 is 2.29 bits per heavy atom. The van der Waals surface area contributed by atoms with E-state index in [1.807, 2.05) is 0 Å². The molecule has 1 aromatic carbocycles. The molecule has 2 aromatic rings. The Hall–Kier alpha value is -2.30. The van der Waals surface area contributed by atoms with Gasteiger partial charge in [0.15, 0.2) is 5.82 Å². The second kappa shape index (κ2) is 4.69. The van der Waals surface area contributed by atoms with E-state index >= 15 is 0 Å². The van der Waals surface area contributed by atoms with E-state index in [0.717, 1.165) is 0 Å². The first-order chi connectivity index (χ1) is 8.24. The molecule has 5 heteroatoms. The lowest BCUT2D eigenvalue weighted by atomic mass is 10.1. The maximum absolute atomic E-state index is 12.0. The smallest absolute Gasteiger partial charge is 0.228 e. The second-order valence-electron chi connectivity index (χ2n) is 3.37. The number of aromatic amines is 1. The fraction of sp³-hybridized carbons (Fsp3) is 0.167. The van der Waals surface area contributed by atoms with Crippen molar-refractivity contribution in [3.8, 4) is 11.5 Å². The quantitative estimate of drug-likeness (QED) is 0.814. The number of nitrogens with one attached hydrogen (secondary N) is 1. The summed E-state index contributed by atoms with van der Waals surface area (Å²) in [5.41, 5.74) is 0.469. The third-order valence-corrected chi connectivity index (χ3v) is 2.33. The van der Waals surface area contributed by atoms with Gasteiger partial charge in [0.25, 0.3) is 0 Å². The van der Waals surface area contributed by atoms with Gasteiger partial charge in [0.05, 0.1) is 14.2 Å². The van der Waals surface area contributed by atoms with Crippen LogP contribution in [0.15, 0.2) is 30.6 Å². The molecule has 1 N–H and O–H groups in total. The van der Waals surface area contributed by atoms with Crippen LogP contribution in [0.4, 0.5) is 0 Å². The van der Waals surface area contributed by atoms with Crippen LogP contribution in [0.3, 0.4) is 0 Å². The van der Waals surface area contributed by atoms with Crippen LogP contribution in [0.5, 0.6) is 11.5 Å². The number of methoxy groups -OCH3 is 2. The van der Waals surface area contributed by atoms with Gasteiger partial charge in [0, 0.05) is 24.0 Å². The summed E-state index contributed by atoms with van der Waals surface area (Å²) in [5.74, 6) is 1.23. The summed E-state index contributed by atoms with van der Waals surface area (Å²) in [6.07, 6.45) is 3.13. The highest BCUT2D eigenvalue weighted by atomic mass is 16.5. The zero-order valence-corrected chi connectivity index (χ0v) is 9.56. The first-order valence-corrected chi connectivity index (χ1v) is 5.01. The summed E-state index contributed by atoms with van der Waals surface area (Å²) >= 11 is 0. The molecule has 17 heavy (non-hydrogen) atoms. The lowest BCUT2D eigenvalue weighted by molar-refractivity contribution is 0.102. The van der Waals surface area contributed by atoms with E-state index in [1.165, 1.54) is 20.4 Å². The fourth-order valence-electron chi connectivity index (χ4n) is 1.46. The number of aromatic nitrogens is 2. The van der Waals surface area contributed by atoms with Crippen LogP contribution in [0.2, 0.25) is 0 Å². The Balaban J connectivity index is 2.41. The van der Waals surface area contributed by atoms with Gasteiger partial charge in [0.1, 0.15) is 11.5 Å². The number of imidazole rings is 1. The Morgan fingerprint density at radius 1 is 1.18 bits per heavy atom. The highest BCUT2D eigenvalue weighted by Gasteiger charge is 2.13. The number of rotatable bonds is 4. The number of carbonyl (C=O) groups excluding carboxylic acids is 1. The summed E-state index contributed by atoms with van der Waals surface area (Å²) < 4.78 is 10.2. The molecule has 0 spiro atoms. The number of ether oxygens (including phenoxy) is 2. The molecule has 1 heterocycles. The van der Waals surface area contributed by atoms with Crippen molar-refractivity contribution in [2.75, 3.05) is 14.2 Å². The topological polar surface area (TPSA) is 64.2 Å². The van der Waals surface area contributed by atoms with Crippen molar-refractivity contribution in [2.45, 2.75) is 0 Å². The van der Waals surface area contributed by atoms with Crippen LogP contribution >= 0.6 is 0 Å². The normalized spacial score (nSPS) is 10.0. The number of benzene rings is 1. The number of hydrogen-bond donors (Lipinski definition) is 1. The Bertz CT molecular complexity index is 498. The van der Waals surface area contributed by atoms with Crippen molar-refractivity contribution in [1.82, 2.24) is 9.97 Å². The van der Waals surface area contributed by atoms with Crippen LogP contribution in [0.1, 0.15) is 16.2 Å². The van der Waals surface area contributed by atoms with Crippen molar-refractivity contribution in [3.05, 3.63) is 42.0 Å². The molecule has 0 radical (unpaired) electrons. The highest BCUT2D eigenvalue weighted by Crippen LogP contribution is 2.23. The first kappa shape index (κ1) is 11.2. The van der Waals surface area contributed by atoms with Gasteiger partial charge < -0.3 is 14.5 Å². The number of nitrogens with zero attached hydrogens (tertiary/aromatic N) is 1. The minimum absolute atomic E-state index is 0.202. The SMILES string of the molecule is COc1cc(OC)cc(C(=O)c2ncc[nH]2)c1. The van der Waals surface area contributed by atoms with Gasteiger partial charge >= 0.3 is 0 Å². The lowest BCUT2D eigenvalue weighted by Gasteiger charge is -2.06. The largest absolute Gasteiger partial charge is 0.497 e. The van der Waals surface area contributed by atoms with Gasteiger partial charge in [-0.3, -0.25) is 4.79 Å². The average Bonchev–Trinajstić information content (AvgIpc) is 2.91. The maximum Gasteiger partial charge on any atom is 0.228 e. The molecule has 1 aromatic heterocycles. The minimum atomic E-state index is -0.202. The van der Waals surface area contributed by atoms with Crippen LogP contribution in [0, 0.1) is 0 Å². The molecular weight excluding hydrogens is 220 g/mol. The van der Waals surface area contributed by atoms with E-state index in [-0.39, 0.29) is 5.78 Å². The van der Waals surface area contributed by atoms with Crippen molar-refractivity contribution >= 4 is 5.78 Å². The molecule has 0 aliphatic heterocycles. The molecule has 0 saturated carbocycles. The van der Waals surface area contributed by atoms with Gasteiger partial charge in [0.2, 0.25) is 5.78 Å². The molecule has 0 unspecified atom stereocenters. The van der Waals surface area contributed by atoms with Crippen LogP contribution in [-0.2, 0) is 0 Å². The molecule has 0 aliphatic rings. The first-order valence-electron chi connectivity index (χ1n) is 5.01. The fourth-order valence-corrected chi connectivity index (χ4v) is 1.46. The molecular formula is C12H12N2O3.